The van der Waals surface area contributed by atoms with Gasteiger partial charge in [0.2, 0.25) is 5.91 Å². The molecule has 0 aliphatic rings. The third kappa shape index (κ3) is 6.66. The van der Waals surface area contributed by atoms with Gasteiger partial charge < -0.3 is 9.64 Å². The minimum atomic E-state index is -2.87. The van der Waals surface area contributed by atoms with E-state index in [4.69, 9.17) is 0 Å². The topological polar surface area (TPSA) is 60.2 Å². The Morgan fingerprint density at radius 3 is 2.26 bits per heavy atom. The second kappa shape index (κ2) is 11.6. The molecule has 0 aliphatic carbocycles. The lowest BCUT2D eigenvalue weighted by Gasteiger charge is -2.17. The zero-order valence-electron chi connectivity index (χ0n) is 19.1. The SMILES string of the molecule is CN(Cc1ccc(OC(F)F)cc1)C(=O)CSc1nnc(Cc2ccccc2)n1-c1ccccc1. The Kier molecular flexibility index (Phi) is 8.10. The number of para-hydroxylation sites is 1. The number of hydrogen-bond donors (Lipinski definition) is 0. The van der Waals surface area contributed by atoms with Crippen molar-refractivity contribution < 1.29 is 18.3 Å². The number of nitrogens with zero attached hydrogens (tertiary/aromatic N) is 4. The fourth-order valence-electron chi connectivity index (χ4n) is 3.50. The quantitative estimate of drug-likeness (QED) is 0.283. The van der Waals surface area contributed by atoms with Gasteiger partial charge in [-0.15, -0.1) is 10.2 Å². The summed E-state index contributed by atoms with van der Waals surface area (Å²) in [6.45, 7) is -2.52. The van der Waals surface area contributed by atoms with Crippen molar-refractivity contribution in [1.29, 1.82) is 0 Å². The number of thioether (sulfide) groups is 1. The number of hydrogen-bond acceptors (Lipinski definition) is 5. The van der Waals surface area contributed by atoms with E-state index in [1.807, 2.05) is 65.2 Å². The van der Waals surface area contributed by atoms with Crippen LogP contribution in [0.3, 0.4) is 0 Å². The van der Waals surface area contributed by atoms with E-state index >= 15 is 0 Å². The molecule has 35 heavy (non-hydrogen) atoms. The molecule has 6 nitrogen and oxygen atoms in total. The molecule has 4 rings (SSSR count). The average Bonchev–Trinajstić information content (AvgIpc) is 3.26. The van der Waals surface area contributed by atoms with Crippen LogP contribution >= 0.6 is 11.8 Å². The van der Waals surface area contributed by atoms with Crippen molar-refractivity contribution in [2.45, 2.75) is 24.7 Å². The van der Waals surface area contributed by atoms with Gasteiger partial charge in [-0.25, -0.2) is 0 Å². The first-order valence-corrected chi connectivity index (χ1v) is 11.9. The standard InChI is InChI=1S/C26H24F2N4O2S/c1-31(17-20-12-14-22(15-13-20)34-25(27)28)24(33)18-35-26-30-29-23(16-19-8-4-2-5-9-19)32(26)21-10-6-3-7-11-21/h2-15,25H,16-18H2,1H3. The minimum absolute atomic E-state index is 0.0832. The van der Waals surface area contributed by atoms with Crippen LogP contribution in [-0.4, -0.2) is 45.0 Å². The normalized spacial score (nSPS) is 11.0. The van der Waals surface area contributed by atoms with E-state index in [0.29, 0.717) is 18.1 Å². The van der Waals surface area contributed by atoms with Gasteiger partial charge in [0.15, 0.2) is 5.16 Å². The van der Waals surface area contributed by atoms with E-state index in [1.54, 1.807) is 24.1 Å². The van der Waals surface area contributed by atoms with Crippen molar-refractivity contribution in [3.8, 4) is 11.4 Å². The van der Waals surface area contributed by atoms with Gasteiger partial charge in [0.1, 0.15) is 11.6 Å². The molecule has 1 heterocycles. The van der Waals surface area contributed by atoms with Crippen LogP contribution in [0.4, 0.5) is 8.78 Å². The first-order chi connectivity index (χ1) is 17.0. The Labute approximate surface area is 206 Å². The van der Waals surface area contributed by atoms with E-state index < -0.39 is 6.61 Å². The smallest absolute Gasteiger partial charge is 0.387 e. The largest absolute Gasteiger partial charge is 0.435 e. The van der Waals surface area contributed by atoms with Crippen molar-refractivity contribution in [1.82, 2.24) is 19.7 Å². The van der Waals surface area contributed by atoms with E-state index in [9.17, 15) is 13.6 Å². The first-order valence-electron chi connectivity index (χ1n) is 10.9. The number of carbonyl (C=O) groups excluding carboxylic acids is 1. The van der Waals surface area contributed by atoms with Crippen LogP contribution in [0, 0.1) is 0 Å². The molecule has 0 fully saturated rings. The lowest BCUT2D eigenvalue weighted by atomic mass is 10.1. The number of halogens is 2. The maximum atomic E-state index is 12.8. The molecule has 3 aromatic carbocycles. The zero-order valence-corrected chi connectivity index (χ0v) is 19.9. The molecule has 0 atom stereocenters. The number of ether oxygens (including phenoxy) is 1. The number of carbonyl (C=O) groups is 1. The van der Waals surface area contributed by atoms with Crippen molar-refractivity contribution in [2.24, 2.45) is 0 Å². The van der Waals surface area contributed by atoms with Crippen molar-refractivity contribution in [2.75, 3.05) is 12.8 Å². The monoisotopic (exact) mass is 494 g/mol. The predicted molar refractivity (Wildman–Crippen MR) is 131 cm³/mol. The molecule has 4 aromatic rings. The molecule has 9 heteroatoms. The highest BCUT2D eigenvalue weighted by Crippen LogP contribution is 2.24. The summed E-state index contributed by atoms with van der Waals surface area (Å²) < 4.78 is 31.0. The van der Waals surface area contributed by atoms with Crippen molar-refractivity contribution >= 4 is 17.7 Å². The van der Waals surface area contributed by atoms with E-state index in [-0.39, 0.29) is 17.4 Å². The second-order valence-corrected chi connectivity index (χ2v) is 8.74. The molecule has 0 saturated heterocycles. The van der Waals surface area contributed by atoms with E-state index in [1.165, 1.54) is 23.9 Å². The van der Waals surface area contributed by atoms with Gasteiger partial charge >= 0.3 is 6.61 Å². The van der Waals surface area contributed by atoms with E-state index in [2.05, 4.69) is 14.9 Å². The predicted octanol–water partition coefficient (Wildman–Crippen LogP) is 5.21. The molecule has 1 aromatic heterocycles. The maximum Gasteiger partial charge on any atom is 0.387 e. The summed E-state index contributed by atoms with van der Waals surface area (Å²) in [6, 6.07) is 26.1. The zero-order chi connectivity index (χ0) is 24.6. The third-order valence-corrected chi connectivity index (χ3v) is 6.15. The number of rotatable bonds is 10. The highest BCUT2D eigenvalue weighted by atomic mass is 32.2. The summed E-state index contributed by atoms with van der Waals surface area (Å²) in [5.41, 5.74) is 2.86. The van der Waals surface area contributed by atoms with Crippen LogP contribution in [0.5, 0.6) is 5.75 Å². The minimum Gasteiger partial charge on any atom is -0.435 e. The number of alkyl halides is 2. The number of aromatic nitrogens is 3. The number of benzene rings is 3. The molecular formula is C26H24F2N4O2S. The fraction of sp³-hybridized carbons (Fsp3) is 0.192. The van der Waals surface area contributed by atoms with Gasteiger partial charge in [-0.3, -0.25) is 9.36 Å². The Balaban J connectivity index is 1.43. The van der Waals surface area contributed by atoms with Crippen LogP contribution in [0.2, 0.25) is 0 Å². The lowest BCUT2D eigenvalue weighted by molar-refractivity contribution is -0.127. The van der Waals surface area contributed by atoms with Gasteiger partial charge in [0.25, 0.3) is 0 Å². The Morgan fingerprint density at radius 1 is 0.943 bits per heavy atom. The second-order valence-electron chi connectivity index (χ2n) is 7.79. The molecule has 0 spiro atoms. The Morgan fingerprint density at radius 2 is 1.60 bits per heavy atom. The maximum absolute atomic E-state index is 12.8. The summed E-state index contributed by atoms with van der Waals surface area (Å²) in [5, 5.41) is 9.41. The summed E-state index contributed by atoms with van der Waals surface area (Å²) in [7, 11) is 1.70. The van der Waals surface area contributed by atoms with Crippen LogP contribution in [0.1, 0.15) is 17.0 Å². The van der Waals surface area contributed by atoms with Crippen LogP contribution in [-0.2, 0) is 17.8 Å². The van der Waals surface area contributed by atoms with E-state index in [0.717, 1.165) is 22.6 Å². The van der Waals surface area contributed by atoms with Gasteiger partial charge in [-0.1, -0.05) is 72.4 Å². The molecular weight excluding hydrogens is 470 g/mol. The lowest BCUT2D eigenvalue weighted by Crippen LogP contribution is -2.27. The molecule has 0 bridgehead atoms. The summed E-state index contributed by atoms with van der Waals surface area (Å²) in [6.07, 6.45) is 0.614. The fourth-order valence-corrected chi connectivity index (χ4v) is 4.41. The number of amides is 1. The highest BCUT2D eigenvalue weighted by molar-refractivity contribution is 7.99. The molecule has 0 radical (unpaired) electrons. The third-order valence-electron chi connectivity index (χ3n) is 5.24. The van der Waals surface area contributed by atoms with Crippen LogP contribution in [0.25, 0.3) is 5.69 Å². The van der Waals surface area contributed by atoms with Crippen LogP contribution in [0.15, 0.2) is 90.1 Å². The van der Waals surface area contributed by atoms with Gasteiger partial charge in [0.05, 0.1) is 5.75 Å². The molecule has 0 N–H and O–H groups in total. The van der Waals surface area contributed by atoms with Gasteiger partial charge in [-0.05, 0) is 35.4 Å². The van der Waals surface area contributed by atoms with Crippen molar-refractivity contribution in [3.63, 3.8) is 0 Å². The molecule has 0 unspecified atom stereocenters. The highest BCUT2D eigenvalue weighted by Gasteiger charge is 2.18. The summed E-state index contributed by atoms with van der Waals surface area (Å²) in [5.74, 6) is 0.964. The summed E-state index contributed by atoms with van der Waals surface area (Å²) >= 11 is 1.32. The first kappa shape index (κ1) is 24.4. The Hall–Kier alpha value is -3.72. The molecule has 0 aliphatic heterocycles. The van der Waals surface area contributed by atoms with Gasteiger partial charge in [-0.2, -0.15) is 8.78 Å². The van der Waals surface area contributed by atoms with Gasteiger partial charge in [0, 0.05) is 25.7 Å². The van der Waals surface area contributed by atoms with Crippen LogP contribution < -0.4 is 4.74 Å². The Bertz CT molecular complexity index is 1240. The average molecular weight is 495 g/mol. The molecule has 180 valence electrons. The summed E-state index contributed by atoms with van der Waals surface area (Å²) in [4.78, 5) is 14.4. The molecule has 1 amide bonds. The van der Waals surface area contributed by atoms with Crippen molar-refractivity contribution in [3.05, 3.63) is 102 Å². The molecule has 0 saturated carbocycles.